The van der Waals surface area contributed by atoms with Gasteiger partial charge >= 0.3 is 0 Å². The molecule has 35 heavy (non-hydrogen) atoms. The zero-order valence-electron chi connectivity index (χ0n) is 19.0. The Morgan fingerprint density at radius 1 is 1.17 bits per heavy atom. The highest BCUT2D eigenvalue weighted by Crippen LogP contribution is 2.53. The van der Waals surface area contributed by atoms with E-state index in [1.165, 1.54) is 17.2 Å². The lowest BCUT2D eigenvalue weighted by molar-refractivity contribution is -0.153. The molecule has 5 rings (SSSR count). The van der Waals surface area contributed by atoms with Gasteiger partial charge in [0.1, 0.15) is 28.6 Å². The average Bonchev–Trinajstić information content (AvgIpc) is 3.30. The highest BCUT2D eigenvalue weighted by atomic mass is 16.3. The first kappa shape index (κ1) is 22.9. The standard InChI is InChI=1S/C25H24N2O8/c1-27(2)19-13-9-10-8-12-11(15-4-3-7-35-15)5-6-14(28)17(12)20(29)16(10)22(31)25(13,34)23(32)18(21(19)30)24(26)33/h3-7,10,13,19,28-29,32,34H,8-9H2,1-2H3,(H2,26,33)/t10-,13+,19-,25-/m1/s1. The zero-order chi connectivity index (χ0) is 25.4. The minimum Gasteiger partial charge on any atom is -0.508 e. The second-order valence-electron chi connectivity index (χ2n) is 9.42. The van der Waals surface area contributed by atoms with E-state index < -0.39 is 58.0 Å². The Hall–Kier alpha value is -3.89. The molecule has 3 aliphatic carbocycles. The van der Waals surface area contributed by atoms with E-state index >= 15 is 0 Å². The summed E-state index contributed by atoms with van der Waals surface area (Å²) in [6.07, 6.45) is 1.71. The maximum Gasteiger partial charge on any atom is 0.255 e. The third-order valence-corrected chi connectivity index (χ3v) is 7.39. The van der Waals surface area contributed by atoms with Gasteiger partial charge in [-0.15, -0.1) is 0 Å². The van der Waals surface area contributed by atoms with Crippen molar-refractivity contribution in [1.82, 2.24) is 4.90 Å². The molecule has 0 saturated heterocycles. The molecule has 1 aromatic carbocycles. The van der Waals surface area contributed by atoms with Crippen molar-refractivity contribution in [2.24, 2.45) is 17.6 Å². The van der Waals surface area contributed by atoms with Crippen LogP contribution in [0.2, 0.25) is 0 Å². The molecule has 0 aliphatic heterocycles. The summed E-state index contributed by atoms with van der Waals surface area (Å²) < 4.78 is 5.51. The van der Waals surface area contributed by atoms with Crippen molar-refractivity contribution in [2.75, 3.05) is 14.1 Å². The number of phenolic OH excluding ortho intramolecular Hbond substituents is 1. The number of benzene rings is 1. The Bertz CT molecular complexity index is 1350. The van der Waals surface area contributed by atoms with Crippen LogP contribution in [0.1, 0.15) is 17.5 Å². The van der Waals surface area contributed by atoms with Gasteiger partial charge in [-0.05, 0) is 62.7 Å². The molecule has 0 radical (unpaired) electrons. The third-order valence-electron chi connectivity index (χ3n) is 7.39. The number of aliphatic hydroxyl groups excluding tert-OH is 2. The predicted molar refractivity (Wildman–Crippen MR) is 122 cm³/mol. The van der Waals surface area contributed by atoms with E-state index in [2.05, 4.69) is 0 Å². The average molecular weight is 480 g/mol. The maximum absolute atomic E-state index is 13.8. The summed E-state index contributed by atoms with van der Waals surface area (Å²) in [5.74, 6) is -6.28. The van der Waals surface area contributed by atoms with Crippen molar-refractivity contribution < 1.29 is 39.2 Å². The first-order chi connectivity index (χ1) is 16.5. The number of ketones is 2. The highest BCUT2D eigenvalue weighted by Gasteiger charge is 2.64. The van der Waals surface area contributed by atoms with Gasteiger partial charge < -0.3 is 30.6 Å². The molecule has 0 spiro atoms. The minimum absolute atomic E-state index is 0.0233. The molecule has 182 valence electrons. The van der Waals surface area contributed by atoms with Gasteiger partial charge in [0.25, 0.3) is 5.91 Å². The van der Waals surface area contributed by atoms with Gasteiger partial charge in [-0.2, -0.15) is 0 Å². The molecule has 4 atom stereocenters. The van der Waals surface area contributed by atoms with E-state index in [9.17, 15) is 34.8 Å². The smallest absolute Gasteiger partial charge is 0.255 e. The number of hydrogen-bond acceptors (Lipinski definition) is 9. The van der Waals surface area contributed by atoms with Crippen molar-refractivity contribution in [1.29, 1.82) is 0 Å². The summed E-state index contributed by atoms with van der Waals surface area (Å²) in [4.78, 5) is 40.4. The monoisotopic (exact) mass is 480 g/mol. The molecular formula is C25H24N2O8. The number of furan rings is 1. The van der Waals surface area contributed by atoms with Gasteiger partial charge in [-0.1, -0.05) is 0 Å². The fraction of sp³-hybridized carbons (Fsp3) is 0.320. The van der Waals surface area contributed by atoms with E-state index in [4.69, 9.17) is 10.2 Å². The molecule has 0 bridgehead atoms. The van der Waals surface area contributed by atoms with Crippen LogP contribution < -0.4 is 5.73 Å². The van der Waals surface area contributed by atoms with Crippen LogP contribution in [0.3, 0.4) is 0 Å². The second kappa shape index (κ2) is 7.56. The highest BCUT2D eigenvalue weighted by molar-refractivity contribution is 6.24. The molecular weight excluding hydrogens is 456 g/mol. The van der Waals surface area contributed by atoms with Crippen LogP contribution >= 0.6 is 0 Å². The summed E-state index contributed by atoms with van der Waals surface area (Å²) in [6, 6.07) is 5.31. The number of Topliss-reactive ketones (excluding diaryl/α,β-unsaturated/α-hetero) is 2. The maximum atomic E-state index is 13.8. The quantitative estimate of drug-likeness (QED) is 0.405. The normalized spacial score (nSPS) is 28.2. The van der Waals surface area contributed by atoms with Crippen LogP contribution in [0.4, 0.5) is 0 Å². The Labute approximate surface area is 199 Å². The Morgan fingerprint density at radius 3 is 2.49 bits per heavy atom. The number of nitrogens with zero attached hydrogens (tertiary/aromatic N) is 1. The number of fused-ring (bicyclic) bond motifs is 3. The number of phenols is 1. The van der Waals surface area contributed by atoms with Crippen LogP contribution in [0.5, 0.6) is 5.75 Å². The summed E-state index contributed by atoms with van der Waals surface area (Å²) in [6.45, 7) is 0. The van der Waals surface area contributed by atoms with E-state index in [1.807, 2.05) is 0 Å². The zero-order valence-corrected chi connectivity index (χ0v) is 19.0. The number of carbonyl (C=O) groups is 3. The van der Waals surface area contributed by atoms with Gasteiger partial charge in [0.2, 0.25) is 5.78 Å². The second-order valence-corrected chi connectivity index (χ2v) is 9.42. The van der Waals surface area contributed by atoms with Crippen molar-refractivity contribution in [3.63, 3.8) is 0 Å². The fourth-order valence-electron chi connectivity index (χ4n) is 5.91. The van der Waals surface area contributed by atoms with E-state index in [0.29, 0.717) is 16.9 Å². The van der Waals surface area contributed by atoms with Crippen LogP contribution in [0, 0.1) is 11.8 Å². The van der Waals surface area contributed by atoms with E-state index in [1.54, 1.807) is 32.3 Å². The lowest BCUT2D eigenvalue weighted by Gasteiger charge is -2.50. The van der Waals surface area contributed by atoms with Crippen molar-refractivity contribution in [3.8, 4) is 17.1 Å². The van der Waals surface area contributed by atoms with Gasteiger partial charge in [-0.25, -0.2) is 0 Å². The molecule has 2 aromatic rings. The minimum atomic E-state index is -2.65. The summed E-state index contributed by atoms with van der Waals surface area (Å²) >= 11 is 0. The third kappa shape index (κ3) is 2.93. The number of primary amides is 1. The molecule has 1 amide bonds. The fourth-order valence-corrected chi connectivity index (χ4v) is 5.91. The molecule has 6 N–H and O–H groups in total. The number of amides is 1. The number of nitrogens with two attached hydrogens (primary N) is 1. The van der Waals surface area contributed by atoms with Crippen LogP contribution in [0.15, 0.2) is 51.9 Å². The van der Waals surface area contributed by atoms with Gasteiger partial charge in [0.05, 0.1) is 17.9 Å². The van der Waals surface area contributed by atoms with Gasteiger partial charge in [0, 0.05) is 17.1 Å². The molecule has 3 aliphatic rings. The molecule has 1 fully saturated rings. The lowest BCUT2D eigenvalue weighted by atomic mass is 9.57. The van der Waals surface area contributed by atoms with Crippen molar-refractivity contribution in [2.45, 2.75) is 24.5 Å². The lowest BCUT2D eigenvalue weighted by Crippen LogP contribution is -2.65. The van der Waals surface area contributed by atoms with Gasteiger partial charge in [-0.3, -0.25) is 19.3 Å². The first-order valence-electron chi connectivity index (χ1n) is 11.0. The largest absolute Gasteiger partial charge is 0.508 e. The van der Waals surface area contributed by atoms with Crippen molar-refractivity contribution >= 4 is 23.2 Å². The molecule has 1 heterocycles. The number of likely N-dealkylation sites (N-methyl/N-ethyl adjacent to an activating group) is 1. The number of aliphatic hydroxyl groups is 3. The molecule has 10 nitrogen and oxygen atoms in total. The van der Waals surface area contributed by atoms with Gasteiger partial charge in [0.15, 0.2) is 11.4 Å². The molecule has 0 unspecified atom stereocenters. The topological polar surface area (TPSA) is 175 Å². The predicted octanol–water partition coefficient (Wildman–Crippen LogP) is 1.22. The molecule has 10 heteroatoms. The van der Waals surface area contributed by atoms with Crippen LogP contribution in [-0.4, -0.2) is 68.5 Å². The summed E-state index contributed by atoms with van der Waals surface area (Å²) in [5.41, 5.74) is 2.82. The van der Waals surface area contributed by atoms with E-state index in [0.717, 1.165) is 0 Å². The number of carbonyl (C=O) groups excluding carboxylic acids is 3. The molecule has 1 saturated carbocycles. The number of hydrogen-bond donors (Lipinski definition) is 5. The molecule has 1 aromatic heterocycles. The summed E-state index contributed by atoms with van der Waals surface area (Å²) in [7, 11) is 3.11. The number of aromatic hydroxyl groups is 1. The summed E-state index contributed by atoms with van der Waals surface area (Å²) in [5, 5.41) is 44.2. The van der Waals surface area contributed by atoms with Crippen LogP contribution in [-0.2, 0) is 20.8 Å². The Morgan fingerprint density at radius 2 is 1.89 bits per heavy atom. The van der Waals surface area contributed by atoms with Crippen molar-refractivity contribution in [3.05, 3.63) is 58.6 Å². The SMILES string of the molecule is CN(C)[C@H]1C(=O)C(C(N)=O)=C(O)[C@]2(O)C(=O)C3=C(O)c4c(O)ccc(-c5ccco5)c4C[C@@H]3C[C@@H]12. The van der Waals surface area contributed by atoms with E-state index in [-0.39, 0.29) is 29.7 Å². The first-order valence-corrected chi connectivity index (χ1v) is 11.0. The van der Waals surface area contributed by atoms with Crippen LogP contribution in [0.25, 0.3) is 17.1 Å². The Balaban J connectivity index is 1.75. The number of rotatable bonds is 3. The Kier molecular flexibility index (Phi) is 4.94.